The number of carbonyl (C=O) groups excluding carboxylic acids is 2. The minimum Gasteiger partial charge on any atom is -0.354 e. The Morgan fingerprint density at radius 1 is 1.21 bits per heavy atom. The molecule has 2 rings (SSSR count). The topological polar surface area (TPSA) is 91.8 Å². The van der Waals surface area contributed by atoms with Crippen LogP contribution < -0.4 is 10.6 Å². The molecule has 0 spiro atoms. The van der Waals surface area contributed by atoms with Crippen LogP contribution in [0.2, 0.25) is 0 Å². The van der Waals surface area contributed by atoms with Gasteiger partial charge in [0.25, 0.3) is 5.91 Å². The van der Waals surface area contributed by atoms with Crippen LogP contribution in [0.4, 0.5) is 0 Å². The normalized spacial score (nSPS) is 12.7. The van der Waals surface area contributed by atoms with Gasteiger partial charge in [-0.05, 0) is 41.2 Å². The monoisotopic (exact) mass is 417 g/mol. The van der Waals surface area contributed by atoms with E-state index < -0.39 is 6.04 Å². The molecule has 0 fully saturated rings. The van der Waals surface area contributed by atoms with Crippen LogP contribution in [0.5, 0.6) is 0 Å². The summed E-state index contributed by atoms with van der Waals surface area (Å²) in [6.45, 7) is 10.6. The molecule has 1 heterocycles. The van der Waals surface area contributed by atoms with Crippen LogP contribution in [0.25, 0.3) is 0 Å². The van der Waals surface area contributed by atoms with Crippen molar-refractivity contribution in [3.63, 3.8) is 0 Å². The van der Waals surface area contributed by atoms with Gasteiger partial charge in [0.05, 0.1) is 0 Å². The van der Waals surface area contributed by atoms with Crippen molar-refractivity contribution in [3.8, 4) is 0 Å². The zero-order valence-corrected chi connectivity index (χ0v) is 18.8. The molecule has 2 aromatic rings. The van der Waals surface area contributed by atoms with Gasteiger partial charge in [-0.1, -0.05) is 46.8 Å². The third kappa shape index (κ3) is 6.00. The summed E-state index contributed by atoms with van der Waals surface area (Å²) in [6.07, 6.45) is 0.544. The Hall–Kier alpha value is -2.48. The van der Waals surface area contributed by atoms with Crippen molar-refractivity contribution in [2.24, 2.45) is 13.0 Å². The highest BCUT2D eigenvalue weighted by Crippen LogP contribution is 2.22. The first-order chi connectivity index (χ1) is 13.5. The molecule has 3 N–H and O–H groups in total. The van der Waals surface area contributed by atoms with Crippen LogP contribution in [-0.2, 0) is 23.7 Å². The highest BCUT2D eigenvalue weighted by molar-refractivity contribution is 7.71. The highest BCUT2D eigenvalue weighted by atomic mass is 32.1. The minimum atomic E-state index is -0.618. The summed E-state index contributed by atoms with van der Waals surface area (Å²) in [5.41, 5.74) is 1.71. The molecule has 1 unspecified atom stereocenters. The van der Waals surface area contributed by atoms with Crippen molar-refractivity contribution in [3.05, 3.63) is 46.0 Å². The summed E-state index contributed by atoms with van der Waals surface area (Å²) in [7, 11) is 1.82. The fraction of sp³-hybridized carbons (Fsp3) is 0.524. The van der Waals surface area contributed by atoms with E-state index in [-0.39, 0.29) is 23.1 Å². The van der Waals surface area contributed by atoms with E-state index in [1.54, 1.807) is 16.7 Å². The number of nitrogens with zero attached hydrogens (tertiary/aromatic N) is 2. The highest BCUT2D eigenvalue weighted by Gasteiger charge is 2.25. The van der Waals surface area contributed by atoms with Crippen molar-refractivity contribution < 1.29 is 9.59 Å². The lowest BCUT2D eigenvalue weighted by atomic mass is 9.86. The van der Waals surface area contributed by atoms with Crippen LogP contribution in [0.15, 0.2) is 24.3 Å². The standard InChI is InChI=1S/C21H31N5O2S/c1-13(2)17(19(28)22-12-11-16-24-25-20(29)26(16)6)23-18(27)14-7-9-15(10-8-14)21(3,4)5/h7-10,13,17H,11-12H2,1-6H3,(H,22,28)(H,23,27)(H,25,29). The molecule has 158 valence electrons. The quantitative estimate of drug-likeness (QED) is 0.604. The summed E-state index contributed by atoms with van der Waals surface area (Å²) in [5.74, 6) is 0.248. The maximum atomic E-state index is 12.6. The number of aromatic nitrogens is 3. The Kier molecular flexibility index (Phi) is 7.35. The molecule has 1 atom stereocenters. The molecule has 0 saturated carbocycles. The van der Waals surface area contributed by atoms with Gasteiger partial charge in [-0.15, -0.1) is 0 Å². The number of carbonyl (C=O) groups is 2. The number of benzene rings is 1. The minimum absolute atomic E-state index is 0.0201. The number of H-pyrrole nitrogens is 1. The van der Waals surface area contributed by atoms with Crippen LogP contribution in [0.3, 0.4) is 0 Å². The van der Waals surface area contributed by atoms with Crippen molar-refractivity contribution in [1.82, 2.24) is 25.4 Å². The first-order valence-corrected chi connectivity index (χ1v) is 10.2. The molecule has 29 heavy (non-hydrogen) atoms. The van der Waals surface area contributed by atoms with Gasteiger partial charge in [-0.25, -0.2) is 0 Å². The largest absolute Gasteiger partial charge is 0.354 e. The Balaban J connectivity index is 1.97. The maximum Gasteiger partial charge on any atom is 0.251 e. The Morgan fingerprint density at radius 3 is 2.31 bits per heavy atom. The van der Waals surface area contributed by atoms with Crippen LogP contribution in [0.1, 0.15) is 56.4 Å². The van der Waals surface area contributed by atoms with Crippen molar-refractivity contribution in [2.45, 2.75) is 52.5 Å². The van der Waals surface area contributed by atoms with E-state index in [4.69, 9.17) is 12.2 Å². The SMILES string of the molecule is CC(C)C(NC(=O)c1ccc(C(C)(C)C)cc1)C(=O)NCCc1n[nH]c(=S)n1C. The van der Waals surface area contributed by atoms with E-state index >= 15 is 0 Å². The van der Waals surface area contributed by atoms with Crippen LogP contribution >= 0.6 is 12.2 Å². The van der Waals surface area contributed by atoms with Gasteiger partial charge >= 0.3 is 0 Å². The number of nitrogens with one attached hydrogen (secondary N) is 3. The molecular weight excluding hydrogens is 386 g/mol. The zero-order valence-electron chi connectivity index (χ0n) is 18.0. The molecular formula is C21H31N5O2S. The lowest BCUT2D eigenvalue weighted by molar-refractivity contribution is -0.123. The molecule has 0 saturated heterocycles. The maximum absolute atomic E-state index is 12.6. The average molecular weight is 418 g/mol. The van der Waals surface area contributed by atoms with Gasteiger partial charge in [-0.2, -0.15) is 5.10 Å². The Labute approximate surface area is 177 Å². The van der Waals surface area contributed by atoms with E-state index in [0.717, 1.165) is 11.4 Å². The molecule has 0 bridgehead atoms. The Bertz CT molecular complexity index is 906. The second-order valence-corrected chi connectivity index (χ2v) is 8.95. The number of hydrogen-bond donors (Lipinski definition) is 3. The summed E-state index contributed by atoms with van der Waals surface area (Å²) >= 11 is 5.08. The lowest BCUT2D eigenvalue weighted by Crippen LogP contribution is -2.50. The molecule has 8 heteroatoms. The molecule has 2 amide bonds. The van der Waals surface area contributed by atoms with Crippen LogP contribution in [-0.4, -0.2) is 39.2 Å². The van der Waals surface area contributed by atoms with Crippen molar-refractivity contribution in [1.29, 1.82) is 0 Å². The van der Waals surface area contributed by atoms with E-state index in [9.17, 15) is 9.59 Å². The number of aromatic amines is 1. The van der Waals surface area contributed by atoms with Crippen molar-refractivity contribution in [2.75, 3.05) is 6.54 Å². The predicted molar refractivity (Wildman–Crippen MR) is 116 cm³/mol. The third-order valence-electron chi connectivity index (χ3n) is 4.87. The van der Waals surface area contributed by atoms with E-state index in [1.807, 2.05) is 33.0 Å². The molecule has 1 aromatic carbocycles. The second-order valence-electron chi connectivity index (χ2n) is 8.57. The molecule has 0 aliphatic carbocycles. The average Bonchev–Trinajstić information content (AvgIpc) is 2.97. The fourth-order valence-electron chi connectivity index (χ4n) is 2.89. The smallest absolute Gasteiger partial charge is 0.251 e. The lowest BCUT2D eigenvalue weighted by Gasteiger charge is -2.22. The molecule has 0 radical (unpaired) electrons. The summed E-state index contributed by atoms with van der Waals surface area (Å²) in [4.78, 5) is 25.3. The summed E-state index contributed by atoms with van der Waals surface area (Å²) in [5, 5.41) is 12.6. The van der Waals surface area contributed by atoms with Crippen molar-refractivity contribution >= 4 is 24.0 Å². The number of rotatable bonds is 7. The zero-order chi connectivity index (χ0) is 21.8. The van der Waals surface area contributed by atoms with Gasteiger partial charge < -0.3 is 15.2 Å². The predicted octanol–water partition coefficient (Wildman–Crippen LogP) is 2.89. The van der Waals surface area contributed by atoms with Gasteiger partial charge in [0, 0.05) is 25.6 Å². The summed E-state index contributed by atoms with van der Waals surface area (Å²) < 4.78 is 2.31. The molecule has 0 aliphatic heterocycles. The van der Waals surface area contributed by atoms with E-state index in [0.29, 0.717) is 23.3 Å². The van der Waals surface area contributed by atoms with Gasteiger partial charge in [0.1, 0.15) is 11.9 Å². The molecule has 1 aromatic heterocycles. The van der Waals surface area contributed by atoms with Crippen LogP contribution in [0, 0.1) is 10.7 Å². The third-order valence-corrected chi connectivity index (χ3v) is 5.23. The van der Waals surface area contributed by atoms with Gasteiger partial charge in [0.15, 0.2) is 4.77 Å². The van der Waals surface area contributed by atoms with Gasteiger partial charge in [-0.3, -0.25) is 14.7 Å². The first-order valence-electron chi connectivity index (χ1n) is 9.80. The molecule has 7 nitrogen and oxygen atoms in total. The first kappa shape index (κ1) is 22.8. The number of hydrogen-bond acceptors (Lipinski definition) is 4. The fourth-order valence-corrected chi connectivity index (χ4v) is 3.04. The van der Waals surface area contributed by atoms with E-state index in [2.05, 4.69) is 41.6 Å². The van der Waals surface area contributed by atoms with Gasteiger partial charge in [0.2, 0.25) is 5.91 Å². The van der Waals surface area contributed by atoms with E-state index in [1.165, 1.54) is 0 Å². The summed E-state index contributed by atoms with van der Waals surface area (Å²) in [6, 6.07) is 6.89. The number of amides is 2. The Morgan fingerprint density at radius 2 is 1.83 bits per heavy atom. The molecule has 0 aliphatic rings. The second kappa shape index (κ2) is 9.35.